The third-order valence-electron chi connectivity index (χ3n) is 3.58. The first-order valence-electron chi connectivity index (χ1n) is 8.47. The molecule has 0 heterocycles. The maximum atomic E-state index is 11.5. The smallest absolute Gasteiger partial charge is 0.329 e. The Labute approximate surface area is 158 Å². The number of amides is 2. The normalized spacial score (nSPS) is 10.6. The van der Waals surface area contributed by atoms with E-state index < -0.39 is 11.8 Å². The van der Waals surface area contributed by atoms with Crippen LogP contribution >= 0.6 is 0 Å². The van der Waals surface area contributed by atoms with Gasteiger partial charge in [-0.25, -0.2) is 5.43 Å². The molecule has 0 aliphatic rings. The van der Waals surface area contributed by atoms with Crippen LogP contribution in [0.5, 0.6) is 5.75 Å². The first kappa shape index (κ1) is 20.1. The predicted molar refractivity (Wildman–Crippen MR) is 103 cm³/mol. The molecule has 0 aliphatic heterocycles. The van der Waals surface area contributed by atoms with Crippen molar-refractivity contribution in [3.8, 4) is 5.75 Å². The second-order valence-corrected chi connectivity index (χ2v) is 5.79. The standard InChI is InChI=1S/C20H23N3O4/c1-15-3-5-17(6-4-15)14-27-18-9-7-16(8-10-18)13-22-23-20(25)19(24)21-11-12-26-2/h3-10,13H,11-12,14H2,1-2H3,(H,21,24)(H,23,25). The molecule has 2 N–H and O–H groups in total. The first-order chi connectivity index (χ1) is 13.1. The average Bonchev–Trinajstić information content (AvgIpc) is 2.68. The fourth-order valence-corrected chi connectivity index (χ4v) is 2.06. The van der Waals surface area contributed by atoms with E-state index in [2.05, 4.69) is 15.8 Å². The highest BCUT2D eigenvalue weighted by atomic mass is 16.5. The van der Waals surface area contributed by atoms with Gasteiger partial charge in [0.05, 0.1) is 12.8 Å². The Morgan fingerprint density at radius 3 is 2.41 bits per heavy atom. The van der Waals surface area contributed by atoms with E-state index in [-0.39, 0.29) is 6.54 Å². The molecular weight excluding hydrogens is 346 g/mol. The molecule has 0 spiro atoms. The van der Waals surface area contributed by atoms with Crippen LogP contribution in [0, 0.1) is 6.92 Å². The van der Waals surface area contributed by atoms with E-state index in [0.29, 0.717) is 13.2 Å². The molecule has 2 aromatic carbocycles. The molecule has 0 aromatic heterocycles. The van der Waals surface area contributed by atoms with Crippen LogP contribution < -0.4 is 15.5 Å². The van der Waals surface area contributed by atoms with Crippen LogP contribution in [0.3, 0.4) is 0 Å². The lowest BCUT2D eigenvalue weighted by Crippen LogP contribution is -2.39. The van der Waals surface area contributed by atoms with Crippen LogP contribution in [-0.2, 0) is 20.9 Å². The molecule has 27 heavy (non-hydrogen) atoms. The van der Waals surface area contributed by atoms with Gasteiger partial charge in [-0.05, 0) is 42.3 Å². The number of methoxy groups -OCH3 is 1. The molecule has 2 rings (SSSR count). The Kier molecular flexibility index (Phi) is 7.99. The van der Waals surface area contributed by atoms with E-state index >= 15 is 0 Å². The van der Waals surface area contributed by atoms with Crippen molar-refractivity contribution in [1.29, 1.82) is 0 Å². The van der Waals surface area contributed by atoms with E-state index in [1.165, 1.54) is 18.9 Å². The van der Waals surface area contributed by atoms with E-state index in [4.69, 9.17) is 9.47 Å². The zero-order chi connectivity index (χ0) is 19.5. The van der Waals surface area contributed by atoms with Gasteiger partial charge in [-0.1, -0.05) is 29.8 Å². The lowest BCUT2D eigenvalue weighted by atomic mass is 10.2. The second-order valence-electron chi connectivity index (χ2n) is 5.79. The number of nitrogens with zero attached hydrogens (tertiary/aromatic N) is 1. The minimum atomic E-state index is -0.833. The lowest BCUT2D eigenvalue weighted by molar-refractivity contribution is -0.139. The van der Waals surface area contributed by atoms with Gasteiger partial charge in [-0.3, -0.25) is 9.59 Å². The summed E-state index contributed by atoms with van der Waals surface area (Å²) in [4.78, 5) is 23.0. The minimum Gasteiger partial charge on any atom is -0.489 e. The molecule has 7 nitrogen and oxygen atoms in total. The molecule has 0 fully saturated rings. The van der Waals surface area contributed by atoms with Gasteiger partial charge in [0.2, 0.25) is 0 Å². The maximum Gasteiger partial charge on any atom is 0.329 e. The van der Waals surface area contributed by atoms with Crippen molar-refractivity contribution < 1.29 is 19.1 Å². The van der Waals surface area contributed by atoms with E-state index in [0.717, 1.165) is 16.9 Å². The molecule has 0 radical (unpaired) electrons. The number of carbonyl (C=O) groups is 2. The number of hydrogen-bond donors (Lipinski definition) is 2. The van der Waals surface area contributed by atoms with E-state index in [1.807, 2.05) is 43.3 Å². The Balaban J connectivity index is 1.77. The van der Waals surface area contributed by atoms with Crippen LogP contribution in [0.2, 0.25) is 0 Å². The van der Waals surface area contributed by atoms with Crippen molar-refractivity contribution in [1.82, 2.24) is 10.7 Å². The lowest BCUT2D eigenvalue weighted by Gasteiger charge is -2.07. The number of benzene rings is 2. The predicted octanol–water partition coefficient (Wildman–Crippen LogP) is 1.79. The molecule has 2 amide bonds. The van der Waals surface area contributed by atoms with Crippen molar-refractivity contribution in [3.05, 3.63) is 65.2 Å². The van der Waals surface area contributed by atoms with Crippen LogP contribution in [0.1, 0.15) is 16.7 Å². The van der Waals surface area contributed by atoms with Gasteiger partial charge in [-0.2, -0.15) is 5.10 Å². The highest BCUT2D eigenvalue weighted by Crippen LogP contribution is 2.14. The van der Waals surface area contributed by atoms with Gasteiger partial charge in [0.15, 0.2) is 0 Å². The van der Waals surface area contributed by atoms with Gasteiger partial charge in [0.1, 0.15) is 12.4 Å². The van der Waals surface area contributed by atoms with Gasteiger partial charge < -0.3 is 14.8 Å². The summed E-state index contributed by atoms with van der Waals surface area (Å²) in [7, 11) is 1.51. The van der Waals surface area contributed by atoms with Crippen LogP contribution in [0.15, 0.2) is 53.6 Å². The molecule has 0 aliphatic carbocycles. The molecule has 7 heteroatoms. The summed E-state index contributed by atoms with van der Waals surface area (Å²) in [6.07, 6.45) is 1.45. The molecule has 0 saturated carbocycles. The Hall–Kier alpha value is -3.19. The van der Waals surface area contributed by atoms with Crippen molar-refractivity contribution in [2.24, 2.45) is 5.10 Å². The maximum absolute atomic E-state index is 11.5. The van der Waals surface area contributed by atoms with Crippen molar-refractivity contribution in [2.45, 2.75) is 13.5 Å². The van der Waals surface area contributed by atoms with Gasteiger partial charge in [0.25, 0.3) is 0 Å². The Morgan fingerprint density at radius 1 is 1.04 bits per heavy atom. The molecule has 142 valence electrons. The van der Waals surface area contributed by atoms with E-state index in [9.17, 15) is 9.59 Å². The number of aryl methyl sites for hydroxylation is 1. The second kappa shape index (κ2) is 10.7. The van der Waals surface area contributed by atoms with Gasteiger partial charge in [0, 0.05) is 13.7 Å². The largest absolute Gasteiger partial charge is 0.489 e. The number of hydrazone groups is 1. The number of nitrogens with one attached hydrogen (secondary N) is 2. The first-order valence-corrected chi connectivity index (χ1v) is 8.47. The topological polar surface area (TPSA) is 89.0 Å². The van der Waals surface area contributed by atoms with Crippen LogP contribution in [0.4, 0.5) is 0 Å². The third-order valence-corrected chi connectivity index (χ3v) is 3.58. The Bertz CT molecular complexity index is 771. The van der Waals surface area contributed by atoms with Crippen LogP contribution in [0.25, 0.3) is 0 Å². The quantitative estimate of drug-likeness (QED) is 0.321. The molecular formula is C20H23N3O4. The average molecular weight is 369 g/mol. The van der Waals surface area contributed by atoms with Crippen molar-refractivity contribution in [3.63, 3.8) is 0 Å². The van der Waals surface area contributed by atoms with Crippen molar-refractivity contribution in [2.75, 3.05) is 20.3 Å². The molecule has 0 saturated heterocycles. The molecule has 0 atom stereocenters. The van der Waals surface area contributed by atoms with Gasteiger partial charge in [-0.15, -0.1) is 0 Å². The summed E-state index contributed by atoms with van der Waals surface area (Å²) in [6, 6.07) is 15.4. The monoisotopic (exact) mass is 369 g/mol. The zero-order valence-electron chi connectivity index (χ0n) is 15.4. The zero-order valence-corrected chi connectivity index (χ0v) is 15.4. The summed E-state index contributed by atoms with van der Waals surface area (Å²) in [5.74, 6) is -0.862. The highest BCUT2D eigenvalue weighted by Gasteiger charge is 2.11. The third kappa shape index (κ3) is 7.29. The minimum absolute atomic E-state index is 0.260. The molecule has 0 unspecified atom stereocenters. The number of ether oxygens (including phenoxy) is 2. The fourth-order valence-electron chi connectivity index (χ4n) is 2.06. The summed E-state index contributed by atoms with van der Waals surface area (Å²) < 4.78 is 10.5. The van der Waals surface area contributed by atoms with Crippen molar-refractivity contribution >= 4 is 18.0 Å². The number of hydrogen-bond acceptors (Lipinski definition) is 5. The highest BCUT2D eigenvalue weighted by molar-refractivity contribution is 6.35. The summed E-state index contributed by atoms with van der Waals surface area (Å²) in [5.41, 5.74) is 5.24. The summed E-state index contributed by atoms with van der Waals surface area (Å²) >= 11 is 0. The fraction of sp³-hybridized carbons (Fsp3) is 0.250. The van der Waals surface area contributed by atoms with Crippen LogP contribution in [-0.4, -0.2) is 38.3 Å². The Morgan fingerprint density at radius 2 is 1.74 bits per heavy atom. The number of carbonyl (C=O) groups excluding carboxylic acids is 2. The molecule has 0 bridgehead atoms. The summed E-state index contributed by atoms with van der Waals surface area (Å²) in [6.45, 7) is 3.13. The van der Waals surface area contributed by atoms with E-state index in [1.54, 1.807) is 12.1 Å². The number of rotatable bonds is 8. The summed E-state index contributed by atoms with van der Waals surface area (Å²) in [5, 5.41) is 6.17. The molecule has 2 aromatic rings. The van der Waals surface area contributed by atoms with Gasteiger partial charge >= 0.3 is 11.8 Å². The SMILES string of the molecule is COCCNC(=O)C(=O)NN=Cc1ccc(OCc2ccc(C)cc2)cc1.